The van der Waals surface area contributed by atoms with Crippen LogP contribution in [0.15, 0.2) is 97.2 Å². The average molecular weight is 506 g/mol. The molecule has 2 amide bonds. The van der Waals surface area contributed by atoms with Gasteiger partial charge >= 0.3 is 6.03 Å². The maximum absolute atomic E-state index is 14.1. The van der Waals surface area contributed by atoms with Gasteiger partial charge in [-0.2, -0.15) is 5.10 Å². The number of halogens is 1. The third-order valence-corrected chi connectivity index (χ3v) is 7.17. The summed E-state index contributed by atoms with van der Waals surface area (Å²) < 4.78 is 18.0. The minimum absolute atomic E-state index is 0.229. The molecule has 0 saturated carbocycles. The summed E-state index contributed by atoms with van der Waals surface area (Å²) in [5, 5.41) is 8.04. The van der Waals surface area contributed by atoms with Crippen molar-refractivity contribution in [3.8, 4) is 11.5 Å². The molecule has 7 heteroatoms. The number of hydrogen-bond donors (Lipinski definition) is 1. The second kappa shape index (κ2) is 9.67. The van der Waals surface area contributed by atoms with E-state index in [9.17, 15) is 9.18 Å². The first-order chi connectivity index (χ1) is 18.5. The molecule has 6 nitrogen and oxygen atoms in total. The molecule has 3 aromatic carbocycles. The number of rotatable bonds is 4. The van der Waals surface area contributed by atoms with Crippen LogP contribution in [-0.4, -0.2) is 25.3 Å². The molecule has 0 unspecified atom stereocenters. The zero-order valence-corrected chi connectivity index (χ0v) is 21.3. The van der Waals surface area contributed by atoms with Crippen molar-refractivity contribution in [3.05, 3.63) is 131 Å². The number of hydrogen-bond acceptors (Lipinski definition) is 2. The minimum atomic E-state index is -0.449. The zero-order chi connectivity index (χ0) is 26.2. The van der Waals surface area contributed by atoms with Gasteiger partial charge in [-0.1, -0.05) is 55.5 Å². The fourth-order valence-corrected chi connectivity index (χ4v) is 5.28. The molecule has 2 aromatic heterocycles. The molecule has 6 rings (SSSR count). The highest BCUT2D eigenvalue weighted by molar-refractivity contribution is 5.91. The Morgan fingerprint density at radius 2 is 1.71 bits per heavy atom. The van der Waals surface area contributed by atoms with Crippen molar-refractivity contribution in [1.82, 2.24) is 19.2 Å². The van der Waals surface area contributed by atoms with Gasteiger partial charge in [0.05, 0.1) is 29.7 Å². The lowest BCUT2D eigenvalue weighted by atomic mass is 10.0. The number of aromatic nitrogens is 3. The Bertz CT molecular complexity index is 1600. The number of benzene rings is 3. The molecule has 1 aliphatic rings. The minimum Gasteiger partial charge on any atom is -0.308 e. The second-order valence-corrected chi connectivity index (χ2v) is 9.46. The van der Waals surface area contributed by atoms with Gasteiger partial charge < -0.3 is 14.8 Å². The highest BCUT2D eigenvalue weighted by Gasteiger charge is 2.36. The molecule has 1 aliphatic heterocycles. The van der Waals surface area contributed by atoms with E-state index in [2.05, 4.69) is 16.8 Å². The number of carbonyl (C=O) groups excluding carboxylic acids is 1. The third-order valence-electron chi connectivity index (χ3n) is 7.17. The van der Waals surface area contributed by atoms with E-state index in [-0.39, 0.29) is 11.8 Å². The van der Waals surface area contributed by atoms with Gasteiger partial charge in [-0.05, 0) is 66.9 Å². The Balaban J connectivity index is 1.53. The number of fused-ring (bicyclic) bond motifs is 3. The first-order valence-corrected chi connectivity index (χ1v) is 12.8. The van der Waals surface area contributed by atoms with Crippen LogP contribution in [0.3, 0.4) is 0 Å². The molecule has 0 bridgehead atoms. The van der Waals surface area contributed by atoms with Gasteiger partial charge in [-0.15, -0.1) is 0 Å². The number of para-hydroxylation sites is 2. The number of carbonyl (C=O) groups is 1. The van der Waals surface area contributed by atoms with Gasteiger partial charge in [-0.25, -0.2) is 13.9 Å². The predicted molar refractivity (Wildman–Crippen MR) is 146 cm³/mol. The van der Waals surface area contributed by atoms with Crippen LogP contribution in [0.4, 0.5) is 14.9 Å². The van der Waals surface area contributed by atoms with Crippen molar-refractivity contribution < 1.29 is 9.18 Å². The predicted octanol–water partition coefficient (Wildman–Crippen LogP) is 6.81. The molecule has 0 fully saturated rings. The first-order valence-electron chi connectivity index (χ1n) is 12.8. The van der Waals surface area contributed by atoms with Crippen molar-refractivity contribution in [1.29, 1.82) is 0 Å². The maximum atomic E-state index is 14.1. The molecule has 0 saturated heterocycles. The van der Waals surface area contributed by atoms with E-state index in [4.69, 9.17) is 5.10 Å². The van der Waals surface area contributed by atoms with Crippen LogP contribution in [0.2, 0.25) is 0 Å². The normalized spacial score (nSPS) is 14.5. The molecule has 3 heterocycles. The summed E-state index contributed by atoms with van der Waals surface area (Å²) in [6.07, 6.45) is 2.80. The summed E-state index contributed by atoms with van der Waals surface area (Å²) >= 11 is 0. The van der Waals surface area contributed by atoms with Crippen LogP contribution in [0.5, 0.6) is 0 Å². The van der Waals surface area contributed by atoms with Crippen LogP contribution in [-0.2, 0) is 13.0 Å². The van der Waals surface area contributed by atoms with Crippen molar-refractivity contribution >= 4 is 11.7 Å². The molecule has 38 heavy (non-hydrogen) atoms. The lowest BCUT2D eigenvalue weighted by Crippen LogP contribution is -2.38. The lowest BCUT2D eigenvalue weighted by molar-refractivity contribution is 0.194. The highest BCUT2D eigenvalue weighted by atomic mass is 19.1. The Hall–Kier alpha value is -4.65. The first kappa shape index (κ1) is 23.7. The fourth-order valence-electron chi connectivity index (χ4n) is 5.28. The Morgan fingerprint density at radius 1 is 0.974 bits per heavy atom. The van der Waals surface area contributed by atoms with Crippen LogP contribution < -0.4 is 5.32 Å². The van der Waals surface area contributed by atoms with E-state index in [1.165, 1.54) is 12.1 Å². The number of urea groups is 1. The molecule has 0 spiro atoms. The summed E-state index contributed by atoms with van der Waals surface area (Å²) in [4.78, 5) is 15.9. The SMILES string of the molecule is CCc1ccccc1NC(=O)N1Cc2c(C)nn(-c3ccccc3)c2-n2cccc2[C@H]1c1ccc(F)cc1. The molecule has 190 valence electrons. The number of anilines is 1. The smallest absolute Gasteiger partial charge is 0.308 e. The van der Waals surface area contributed by atoms with Gasteiger partial charge in [0.2, 0.25) is 0 Å². The number of aryl methyl sites for hydroxylation is 2. The van der Waals surface area contributed by atoms with Crippen molar-refractivity contribution in [2.45, 2.75) is 32.9 Å². The summed E-state index contributed by atoms with van der Waals surface area (Å²) in [7, 11) is 0. The monoisotopic (exact) mass is 505 g/mol. The Labute approximate surface area is 221 Å². The van der Waals surface area contributed by atoms with Gasteiger partial charge in [0.1, 0.15) is 11.6 Å². The Morgan fingerprint density at radius 3 is 2.47 bits per heavy atom. The van der Waals surface area contributed by atoms with E-state index in [1.54, 1.807) is 12.1 Å². The summed E-state index contributed by atoms with van der Waals surface area (Å²) in [5.41, 5.74) is 6.30. The number of nitrogens with zero attached hydrogens (tertiary/aromatic N) is 4. The molecule has 0 radical (unpaired) electrons. The van der Waals surface area contributed by atoms with Gasteiger partial charge in [0.25, 0.3) is 0 Å². The fraction of sp³-hybridized carbons (Fsp3) is 0.161. The molecule has 0 aliphatic carbocycles. The summed E-state index contributed by atoms with van der Waals surface area (Å²) in [6, 6.07) is 27.5. The van der Waals surface area contributed by atoms with E-state index >= 15 is 0 Å². The van der Waals surface area contributed by atoms with E-state index in [1.807, 2.05) is 89.4 Å². The Kier molecular flexibility index (Phi) is 6.04. The van der Waals surface area contributed by atoms with Crippen LogP contribution >= 0.6 is 0 Å². The lowest BCUT2D eigenvalue weighted by Gasteiger charge is -2.31. The summed E-state index contributed by atoms with van der Waals surface area (Å²) in [6.45, 7) is 4.37. The molecular formula is C31H28FN5O. The standard InChI is InChI=1S/C31H28FN5O/c1-3-22-10-7-8-13-27(22)33-31(38)36-20-26-21(2)34-37(25-11-5-4-6-12-25)30(26)35-19-9-14-28(35)29(36)23-15-17-24(32)18-16-23/h4-19,29H,3,20H2,1-2H3,(H,33,38)/t29-/m1/s1. The van der Waals surface area contributed by atoms with Crippen molar-refractivity contribution in [3.63, 3.8) is 0 Å². The third kappa shape index (κ3) is 4.06. The average Bonchev–Trinajstić information content (AvgIpc) is 3.50. The van der Waals surface area contributed by atoms with Gasteiger partial charge in [0, 0.05) is 17.4 Å². The zero-order valence-electron chi connectivity index (χ0n) is 21.3. The van der Waals surface area contributed by atoms with Crippen LogP contribution in [0.1, 0.15) is 41.0 Å². The van der Waals surface area contributed by atoms with Crippen molar-refractivity contribution in [2.24, 2.45) is 0 Å². The number of nitrogens with one attached hydrogen (secondary N) is 1. The quantitative estimate of drug-likeness (QED) is 0.292. The highest BCUT2D eigenvalue weighted by Crippen LogP contribution is 2.39. The number of amides is 2. The van der Waals surface area contributed by atoms with E-state index in [0.29, 0.717) is 6.54 Å². The summed E-state index contributed by atoms with van der Waals surface area (Å²) in [5.74, 6) is 0.578. The van der Waals surface area contributed by atoms with E-state index < -0.39 is 6.04 Å². The van der Waals surface area contributed by atoms with Gasteiger partial charge in [-0.3, -0.25) is 0 Å². The van der Waals surface area contributed by atoms with Crippen molar-refractivity contribution in [2.75, 3.05) is 5.32 Å². The maximum Gasteiger partial charge on any atom is 0.322 e. The largest absolute Gasteiger partial charge is 0.322 e. The molecule has 5 aromatic rings. The van der Waals surface area contributed by atoms with E-state index in [0.717, 1.165) is 51.7 Å². The second-order valence-electron chi connectivity index (χ2n) is 9.46. The molecule has 1 N–H and O–H groups in total. The van der Waals surface area contributed by atoms with Gasteiger partial charge in [0.15, 0.2) is 0 Å². The molecule has 1 atom stereocenters. The van der Waals surface area contributed by atoms with Crippen LogP contribution in [0.25, 0.3) is 11.5 Å². The van der Waals surface area contributed by atoms with Crippen LogP contribution in [0, 0.1) is 12.7 Å². The topological polar surface area (TPSA) is 55.1 Å². The molecular weight excluding hydrogens is 477 g/mol.